The fourth-order valence-corrected chi connectivity index (χ4v) is 2.80. The minimum absolute atomic E-state index is 0.350. The Morgan fingerprint density at radius 2 is 1.70 bits per heavy atom. The van der Waals surface area contributed by atoms with Crippen LogP contribution in [0.2, 0.25) is 5.02 Å². The van der Waals surface area contributed by atoms with Crippen LogP contribution in [-0.2, 0) is 14.3 Å². The summed E-state index contributed by atoms with van der Waals surface area (Å²) < 4.78 is 5.46. The van der Waals surface area contributed by atoms with Crippen LogP contribution in [0.4, 0.5) is 5.69 Å². The topological polar surface area (TPSA) is 75.6 Å². The van der Waals surface area contributed by atoms with Crippen molar-refractivity contribution in [3.05, 3.63) is 41.4 Å². The summed E-state index contributed by atoms with van der Waals surface area (Å²) in [7, 11) is 0. The summed E-state index contributed by atoms with van der Waals surface area (Å²) in [5.41, 5.74) is 0.579. The van der Waals surface area contributed by atoms with Crippen molar-refractivity contribution in [3.8, 4) is 0 Å². The maximum atomic E-state index is 12.3. The van der Waals surface area contributed by atoms with Crippen LogP contribution in [0, 0.1) is 11.8 Å². The predicted molar refractivity (Wildman–Crippen MR) is 72.5 cm³/mol. The summed E-state index contributed by atoms with van der Waals surface area (Å²) in [6.07, 6.45) is 2.47. The predicted octanol–water partition coefficient (Wildman–Crippen LogP) is 1.93. The molecule has 0 radical (unpaired) electrons. The van der Waals surface area contributed by atoms with E-state index in [1.165, 1.54) is 0 Å². The minimum Gasteiger partial charge on any atom is -0.481 e. The summed E-state index contributed by atoms with van der Waals surface area (Å²) in [6, 6.07) is 6.64. The van der Waals surface area contributed by atoms with E-state index in [-0.39, 0.29) is 5.91 Å². The maximum absolute atomic E-state index is 12.3. The fraction of sp³-hybridized carbons (Fsp3) is 0.286. The second kappa shape index (κ2) is 4.92. The third-order valence-corrected chi connectivity index (χ3v) is 3.85. The molecule has 1 amide bonds. The molecule has 1 aromatic carbocycles. The van der Waals surface area contributed by atoms with E-state index in [4.69, 9.17) is 16.3 Å². The van der Waals surface area contributed by atoms with Gasteiger partial charge in [-0.2, -0.15) is 0 Å². The standard InChI is InChI=1S/C14H12ClNO4/c15-7-1-3-8(4-2-7)16-13(17)11-9-5-6-10(20-9)12(11)14(18)19/h1-6,9-12H,(H,16,17)(H,18,19)/t9-,10+,11-,12+/m0/s1. The first kappa shape index (κ1) is 13.1. The number of halogens is 1. The number of carbonyl (C=O) groups excluding carboxylic acids is 1. The van der Waals surface area contributed by atoms with Crippen molar-refractivity contribution in [2.24, 2.45) is 11.8 Å². The number of anilines is 1. The third-order valence-electron chi connectivity index (χ3n) is 3.60. The van der Waals surface area contributed by atoms with Crippen molar-refractivity contribution in [2.45, 2.75) is 12.2 Å². The highest BCUT2D eigenvalue weighted by molar-refractivity contribution is 6.30. The molecule has 2 aliphatic heterocycles. The number of fused-ring (bicyclic) bond motifs is 2. The number of hydrogen-bond acceptors (Lipinski definition) is 3. The maximum Gasteiger partial charge on any atom is 0.310 e. The van der Waals surface area contributed by atoms with Crippen LogP contribution in [0.15, 0.2) is 36.4 Å². The van der Waals surface area contributed by atoms with Gasteiger partial charge in [0.2, 0.25) is 5.91 Å². The van der Waals surface area contributed by atoms with E-state index in [1.54, 1.807) is 36.4 Å². The van der Waals surface area contributed by atoms with Crippen molar-refractivity contribution in [1.82, 2.24) is 0 Å². The lowest BCUT2D eigenvalue weighted by atomic mass is 9.82. The van der Waals surface area contributed by atoms with Crippen molar-refractivity contribution >= 4 is 29.2 Å². The summed E-state index contributed by atoms with van der Waals surface area (Å²) in [5.74, 6) is -2.91. The number of carboxylic acid groups (broad SMARTS) is 1. The molecule has 0 aromatic heterocycles. The molecule has 1 fully saturated rings. The Labute approximate surface area is 120 Å². The number of rotatable bonds is 3. The van der Waals surface area contributed by atoms with Crippen molar-refractivity contribution in [3.63, 3.8) is 0 Å². The Bertz CT molecular complexity index is 583. The van der Waals surface area contributed by atoms with E-state index in [1.807, 2.05) is 0 Å². The first-order chi connectivity index (χ1) is 9.56. The lowest BCUT2D eigenvalue weighted by molar-refractivity contribution is -0.145. The van der Waals surface area contributed by atoms with Crippen LogP contribution >= 0.6 is 11.6 Å². The highest BCUT2D eigenvalue weighted by Crippen LogP contribution is 2.39. The van der Waals surface area contributed by atoms with E-state index in [0.29, 0.717) is 10.7 Å². The van der Waals surface area contributed by atoms with Crippen LogP contribution < -0.4 is 5.32 Å². The molecule has 1 saturated heterocycles. The molecule has 0 aliphatic carbocycles. The number of amides is 1. The number of hydrogen-bond donors (Lipinski definition) is 2. The molecule has 0 saturated carbocycles. The van der Waals surface area contributed by atoms with Gasteiger partial charge >= 0.3 is 5.97 Å². The van der Waals surface area contributed by atoms with Gasteiger partial charge in [-0.15, -0.1) is 0 Å². The molecule has 0 spiro atoms. The highest BCUT2D eigenvalue weighted by atomic mass is 35.5. The van der Waals surface area contributed by atoms with E-state index in [0.717, 1.165) is 0 Å². The van der Waals surface area contributed by atoms with Gasteiger partial charge in [0.25, 0.3) is 0 Å². The van der Waals surface area contributed by atoms with E-state index < -0.39 is 30.0 Å². The Balaban J connectivity index is 1.78. The van der Waals surface area contributed by atoms with E-state index in [2.05, 4.69) is 5.32 Å². The van der Waals surface area contributed by atoms with E-state index in [9.17, 15) is 14.7 Å². The van der Waals surface area contributed by atoms with Gasteiger partial charge in [0, 0.05) is 10.7 Å². The second-order valence-corrected chi connectivity index (χ2v) is 5.27. The quantitative estimate of drug-likeness (QED) is 0.835. The lowest BCUT2D eigenvalue weighted by Crippen LogP contribution is -2.39. The summed E-state index contributed by atoms with van der Waals surface area (Å²) in [5, 5.41) is 12.5. The first-order valence-corrected chi connectivity index (χ1v) is 6.57. The molecular weight excluding hydrogens is 282 g/mol. The number of nitrogens with one attached hydrogen (secondary N) is 1. The number of carbonyl (C=O) groups is 2. The van der Waals surface area contributed by atoms with Gasteiger partial charge in [0.05, 0.1) is 18.1 Å². The molecule has 2 bridgehead atoms. The molecule has 104 valence electrons. The minimum atomic E-state index is -1.02. The van der Waals surface area contributed by atoms with Crippen LogP contribution in [0.1, 0.15) is 0 Å². The molecule has 4 atom stereocenters. The third kappa shape index (κ3) is 2.19. The van der Waals surface area contributed by atoms with Gasteiger partial charge < -0.3 is 15.2 Å². The second-order valence-electron chi connectivity index (χ2n) is 4.84. The summed E-state index contributed by atoms with van der Waals surface area (Å²) in [6.45, 7) is 0. The Morgan fingerprint density at radius 1 is 1.10 bits per heavy atom. The van der Waals surface area contributed by atoms with Crippen LogP contribution in [0.25, 0.3) is 0 Å². The van der Waals surface area contributed by atoms with Crippen molar-refractivity contribution < 1.29 is 19.4 Å². The summed E-state index contributed by atoms with van der Waals surface area (Å²) >= 11 is 5.77. The van der Waals surface area contributed by atoms with Crippen LogP contribution in [0.3, 0.4) is 0 Å². The van der Waals surface area contributed by atoms with Gasteiger partial charge in [0.1, 0.15) is 5.92 Å². The van der Waals surface area contributed by atoms with E-state index >= 15 is 0 Å². The smallest absolute Gasteiger partial charge is 0.310 e. The average Bonchev–Trinajstić information content (AvgIpc) is 3.01. The SMILES string of the molecule is O=C(Nc1ccc(Cl)cc1)[C@@H]1[C@H](C(=O)O)[C@H]2C=C[C@@H]1O2. The molecule has 5 nitrogen and oxygen atoms in total. The number of benzene rings is 1. The zero-order chi connectivity index (χ0) is 14.3. The molecule has 2 aliphatic rings. The largest absolute Gasteiger partial charge is 0.481 e. The first-order valence-electron chi connectivity index (χ1n) is 6.19. The van der Waals surface area contributed by atoms with Crippen LogP contribution in [0.5, 0.6) is 0 Å². The van der Waals surface area contributed by atoms with Crippen LogP contribution in [-0.4, -0.2) is 29.2 Å². The summed E-state index contributed by atoms with van der Waals surface area (Å²) in [4.78, 5) is 23.6. The Hall–Kier alpha value is -1.85. The number of ether oxygens (including phenoxy) is 1. The monoisotopic (exact) mass is 293 g/mol. The molecule has 2 N–H and O–H groups in total. The number of aliphatic carboxylic acids is 1. The van der Waals surface area contributed by atoms with Crippen molar-refractivity contribution in [1.29, 1.82) is 0 Å². The zero-order valence-electron chi connectivity index (χ0n) is 10.3. The van der Waals surface area contributed by atoms with Gasteiger partial charge in [-0.05, 0) is 24.3 Å². The van der Waals surface area contributed by atoms with Crippen molar-refractivity contribution in [2.75, 3.05) is 5.32 Å². The number of carboxylic acids is 1. The van der Waals surface area contributed by atoms with Gasteiger partial charge in [-0.25, -0.2) is 0 Å². The molecule has 2 heterocycles. The molecule has 1 aromatic rings. The molecule has 0 unspecified atom stereocenters. The Kier molecular flexibility index (Phi) is 3.23. The highest BCUT2D eigenvalue weighted by Gasteiger charge is 2.53. The molecule has 3 rings (SSSR count). The van der Waals surface area contributed by atoms with Gasteiger partial charge in [-0.3, -0.25) is 9.59 Å². The zero-order valence-corrected chi connectivity index (χ0v) is 11.1. The Morgan fingerprint density at radius 3 is 2.30 bits per heavy atom. The van der Waals surface area contributed by atoms with Gasteiger partial charge in [0.15, 0.2) is 0 Å². The molecule has 6 heteroatoms. The molecule has 20 heavy (non-hydrogen) atoms. The fourth-order valence-electron chi connectivity index (χ4n) is 2.67. The lowest BCUT2D eigenvalue weighted by Gasteiger charge is -2.20. The average molecular weight is 294 g/mol. The molecular formula is C14H12ClNO4. The normalized spacial score (nSPS) is 30.4. The van der Waals surface area contributed by atoms with Gasteiger partial charge in [-0.1, -0.05) is 23.8 Å².